The zero-order valence-corrected chi connectivity index (χ0v) is 15.3. The average molecular weight is 336 g/mol. The molecule has 0 saturated heterocycles. The van der Waals surface area contributed by atoms with Gasteiger partial charge in [0, 0.05) is 0 Å². The summed E-state index contributed by atoms with van der Waals surface area (Å²) in [5.41, 5.74) is 0. The van der Waals surface area contributed by atoms with Gasteiger partial charge in [-0.25, -0.2) is 0 Å². The van der Waals surface area contributed by atoms with Crippen molar-refractivity contribution in [3.05, 3.63) is 0 Å². The van der Waals surface area contributed by atoms with Crippen LogP contribution < -0.4 is 0 Å². The molecule has 0 bridgehead atoms. The first kappa shape index (κ1) is 21.6. The van der Waals surface area contributed by atoms with Crippen LogP contribution in [0.3, 0.4) is 0 Å². The molecule has 0 aromatic carbocycles. The summed E-state index contributed by atoms with van der Waals surface area (Å²) in [4.78, 5) is 10.7. The standard InChI is InChI=1S/C16H33O5P/c1-4-7-8-9-10-11-12-13-14-16(19-15-17)22(18,20-5-2)21-6-3/h15-16H,4-14H2,1-3H3. The van der Waals surface area contributed by atoms with Crippen LogP contribution in [0.25, 0.3) is 0 Å². The zero-order chi connectivity index (χ0) is 16.7. The van der Waals surface area contributed by atoms with Gasteiger partial charge < -0.3 is 13.8 Å². The number of carbonyl (C=O) groups is 1. The highest BCUT2D eigenvalue weighted by Crippen LogP contribution is 2.54. The summed E-state index contributed by atoms with van der Waals surface area (Å²) in [5, 5.41) is 0. The van der Waals surface area contributed by atoms with Crippen molar-refractivity contribution in [2.75, 3.05) is 13.2 Å². The maximum atomic E-state index is 12.6. The van der Waals surface area contributed by atoms with E-state index in [0.29, 0.717) is 12.9 Å². The van der Waals surface area contributed by atoms with E-state index in [1.165, 1.54) is 32.1 Å². The van der Waals surface area contributed by atoms with Crippen molar-refractivity contribution in [1.29, 1.82) is 0 Å². The molecule has 0 amide bonds. The molecule has 0 radical (unpaired) electrons. The molecular formula is C16H33O5P. The molecule has 5 nitrogen and oxygen atoms in total. The Hall–Kier alpha value is -0.380. The highest BCUT2D eigenvalue weighted by molar-refractivity contribution is 7.54. The van der Waals surface area contributed by atoms with Gasteiger partial charge in [-0.15, -0.1) is 0 Å². The molecule has 0 aliphatic carbocycles. The van der Waals surface area contributed by atoms with E-state index in [2.05, 4.69) is 6.92 Å². The van der Waals surface area contributed by atoms with E-state index in [1.807, 2.05) is 0 Å². The lowest BCUT2D eigenvalue weighted by molar-refractivity contribution is -0.131. The van der Waals surface area contributed by atoms with Crippen LogP contribution >= 0.6 is 7.60 Å². The summed E-state index contributed by atoms with van der Waals surface area (Å²) in [7, 11) is -3.37. The van der Waals surface area contributed by atoms with Crippen LogP contribution in [0.5, 0.6) is 0 Å². The molecule has 132 valence electrons. The van der Waals surface area contributed by atoms with Gasteiger partial charge in [-0.2, -0.15) is 0 Å². The van der Waals surface area contributed by atoms with E-state index < -0.39 is 13.4 Å². The fourth-order valence-electron chi connectivity index (χ4n) is 2.38. The molecule has 1 unspecified atom stereocenters. The predicted octanol–water partition coefficient (Wildman–Crippen LogP) is 5.28. The van der Waals surface area contributed by atoms with Crippen LogP contribution in [0.2, 0.25) is 0 Å². The number of ether oxygens (including phenoxy) is 1. The van der Waals surface area contributed by atoms with Gasteiger partial charge in [0.1, 0.15) is 0 Å². The fraction of sp³-hybridized carbons (Fsp3) is 0.938. The molecule has 6 heteroatoms. The fourth-order valence-corrected chi connectivity index (χ4v) is 4.21. The Labute approximate surface area is 135 Å². The Morgan fingerprint density at radius 3 is 1.82 bits per heavy atom. The summed E-state index contributed by atoms with van der Waals surface area (Å²) in [6.45, 7) is 6.59. The average Bonchev–Trinajstić information content (AvgIpc) is 2.49. The molecule has 0 aromatic rings. The monoisotopic (exact) mass is 336 g/mol. The molecule has 0 fully saturated rings. The van der Waals surface area contributed by atoms with Crippen molar-refractivity contribution in [1.82, 2.24) is 0 Å². The van der Waals surface area contributed by atoms with Crippen molar-refractivity contribution < 1.29 is 23.1 Å². The maximum absolute atomic E-state index is 12.6. The highest BCUT2D eigenvalue weighted by atomic mass is 31.2. The van der Waals surface area contributed by atoms with E-state index in [4.69, 9.17) is 13.8 Å². The van der Waals surface area contributed by atoms with Gasteiger partial charge >= 0.3 is 7.60 Å². The summed E-state index contributed by atoms with van der Waals surface area (Å²) < 4.78 is 28.1. The van der Waals surface area contributed by atoms with Crippen LogP contribution in [-0.2, 0) is 23.1 Å². The van der Waals surface area contributed by atoms with Crippen molar-refractivity contribution in [3.8, 4) is 0 Å². The third-order valence-electron chi connectivity index (χ3n) is 3.49. The topological polar surface area (TPSA) is 61.8 Å². The van der Waals surface area contributed by atoms with Gasteiger partial charge in [0.25, 0.3) is 6.47 Å². The number of rotatable bonds is 16. The molecule has 0 saturated carbocycles. The SMILES string of the molecule is CCCCCCCCCCC(OC=O)P(=O)(OCC)OCC. The molecule has 22 heavy (non-hydrogen) atoms. The van der Waals surface area contributed by atoms with E-state index in [0.717, 1.165) is 19.3 Å². The third-order valence-corrected chi connectivity index (χ3v) is 5.81. The van der Waals surface area contributed by atoms with Gasteiger partial charge in [-0.1, -0.05) is 51.9 Å². The predicted molar refractivity (Wildman–Crippen MR) is 89.0 cm³/mol. The Bertz CT molecular complexity index is 299. The first-order valence-corrected chi connectivity index (χ1v) is 10.2. The first-order valence-electron chi connectivity index (χ1n) is 8.62. The maximum Gasteiger partial charge on any atom is 0.370 e. The summed E-state index contributed by atoms with van der Waals surface area (Å²) in [5.74, 6) is -0.787. The molecular weight excluding hydrogens is 303 g/mol. The quantitative estimate of drug-likeness (QED) is 0.218. The summed E-state index contributed by atoms with van der Waals surface area (Å²) >= 11 is 0. The Morgan fingerprint density at radius 1 is 0.864 bits per heavy atom. The lowest BCUT2D eigenvalue weighted by atomic mass is 10.1. The second-order valence-electron chi connectivity index (χ2n) is 5.33. The normalized spacial score (nSPS) is 13.0. The molecule has 0 aliphatic heterocycles. The Morgan fingerprint density at radius 2 is 1.36 bits per heavy atom. The number of carbonyl (C=O) groups excluding carboxylic acids is 1. The van der Waals surface area contributed by atoms with Gasteiger partial charge in [0.15, 0.2) is 0 Å². The number of unbranched alkanes of at least 4 members (excludes halogenated alkanes) is 7. The molecule has 0 aromatic heterocycles. The van der Waals surface area contributed by atoms with Crippen LogP contribution in [0.1, 0.15) is 78.6 Å². The number of hydrogen-bond acceptors (Lipinski definition) is 5. The minimum Gasteiger partial charge on any atom is -0.452 e. The van der Waals surface area contributed by atoms with Crippen molar-refractivity contribution in [2.45, 2.75) is 84.4 Å². The van der Waals surface area contributed by atoms with Gasteiger partial charge in [0.2, 0.25) is 5.85 Å². The van der Waals surface area contributed by atoms with E-state index in [-0.39, 0.29) is 13.2 Å². The van der Waals surface area contributed by atoms with Crippen LogP contribution in [0, 0.1) is 0 Å². The van der Waals surface area contributed by atoms with E-state index in [9.17, 15) is 9.36 Å². The van der Waals surface area contributed by atoms with Crippen LogP contribution in [-0.4, -0.2) is 25.5 Å². The first-order chi connectivity index (χ1) is 10.6. The van der Waals surface area contributed by atoms with Crippen molar-refractivity contribution >= 4 is 14.1 Å². The summed E-state index contributed by atoms with van der Waals surface area (Å²) in [6, 6.07) is 0. The molecule has 0 N–H and O–H groups in total. The van der Waals surface area contributed by atoms with E-state index in [1.54, 1.807) is 13.8 Å². The second kappa shape index (κ2) is 14.2. The number of hydrogen-bond donors (Lipinski definition) is 0. The zero-order valence-electron chi connectivity index (χ0n) is 14.4. The van der Waals surface area contributed by atoms with Crippen LogP contribution in [0.15, 0.2) is 0 Å². The van der Waals surface area contributed by atoms with E-state index >= 15 is 0 Å². The lowest BCUT2D eigenvalue weighted by Gasteiger charge is -2.24. The molecule has 0 aliphatic rings. The third kappa shape index (κ3) is 9.60. The van der Waals surface area contributed by atoms with Crippen LogP contribution in [0.4, 0.5) is 0 Å². The minimum atomic E-state index is -3.37. The lowest BCUT2D eigenvalue weighted by Crippen LogP contribution is -2.17. The molecule has 0 rings (SSSR count). The summed E-state index contributed by atoms with van der Waals surface area (Å²) in [6.07, 6.45) is 9.95. The Kier molecular flexibility index (Phi) is 14.0. The van der Waals surface area contributed by atoms with Gasteiger partial charge in [0.05, 0.1) is 13.2 Å². The van der Waals surface area contributed by atoms with Crippen molar-refractivity contribution in [3.63, 3.8) is 0 Å². The minimum absolute atomic E-state index is 0.271. The second-order valence-corrected chi connectivity index (χ2v) is 7.50. The van der Waals surface area contributed by atoms with Crippen molar-refractivity contribution in [2.24, 2.45) is 0 Å². The smallest absolute Gasteiger partial charge is 0.370 e. The largest absolute Gasteiger partial charge is 0.452 e. The highest BCUT2D eigenvalue weighted by Gasteiger charge is 2.36. The van der Waals surface area contributed by atoms with Gasteiger partial charge in [-0.3, -0.25) is 9.36 Å². The Balaban J connectivity index is 4.12. The van der Waals surface area contributed by atoms with Gasteiger partial charge in [-0.05, 0) is 26.7 Å². The molecule has 0 heterocycles. The molecule has 0 spiro atoms. The molecule has 1 atom stereocenters.